The van der Waals surface area contributed by atoms with Crippen LogP contribution in [0.2, 0.25) is 0 Å². The zero-order valence-electron chi connectivity index (χ0n) is 17.1. The van der Waals surface area contributed by atoms with E-state index in [9.17, 15) is 4.79 Å². The summed E-state index contributed by atoms with van der Waals surface area (Å²) in [6, 6.07) is 5.27. The van der Waals surface area contributed by atoms with E-state index >= 15 is 0 Å². The summed E-state index contributed by atoms with van der Waals surface area (Å²) in [7, 11) is 1.83. The Labute approximate surface area is 193 Å². The number of anilines is 1. The van der Waals surface area contributed by atoms with Gasteiger partial charge in [0.15, 0.2) is 5.96 Å². The van der Waals surface area contributed by atoms with Crippen molar-refractivity contribution in [2.24, 2.45) is 4.99 Å². The van der Waals surface area contributed by atoms with Gasteiger partial charge in [0.2, 0.25) is 10.7 Å². The fraction of sp³-hybridized carbons (Fsp3) is 0.579. The molecule has 2 aromatic rings. The van der Waals surface area contributed by atoms with Crippen molar-refractivity contribution in [1.29, 1.82) is 0 Å². The minimum Gasteiger partial charge on any atom is -0.356 e. The third-order valence-electron chi connectivity index (χ3n) is 4.84. The molecule has 8 nitrogen and oxygen atoms in total. The van der Waals surface area contributed by atoms with E-state index in [1.807, 2.05) is 19.3 Å². The maximum absolute atomic E-state index is 11.7. The highest BCUT2D eigenvalue weighted by Gasteiger charge is 2.21. The molecule has 0 unspecified atom stereocenters. The maximum atomic E-state index is 11.7. The first-order valence-corrected chi connectivity index (χ1v) is 10.7. The quantitative estimate of drug-likeness (QED) is 0.255. The van der Waals surface area contributed by atoms with Crippen molar-refractivity contribution in [3.05, 3.63) is 40.6 Å². The van der Waals surface area contributed by atoms with Gasteiger partial charge in [0, 0.05) is 76.5 Å². The van der Waals surface area contributed by atoms with Crippen LogP contribution >= 0.6 is 35.5 Å². The second-order valence-corrected chi connectivity index (χ2v) is 7.46. The number of guanidine groups is 1. The summed E-state index contributed by atoms with van der Waals surface area (Å²) in [6.45, 7) is 7.37. The van der Waals surface area contributed by atoms with Gasteiger partial charge in [0.1, 0.15) is 5.82 Å². The number of piperazine rings is 1. The molecule has 0 amide bonds. The number of unbranched alkanes of at least 4 members (excludes halogenated alkanes) is 1. The fourth-order valence-corrected chi connectivity index (χ4v) is 4.01. The van der Waals surface area contributed by atoms with Gasteiger partial charge >= 0.3 is 0 Å². The zero-order valence-corrected chi connectivity index (χ0v) is 20.2. The highest BCUT2D eigenvalue weighted by atomic mass is 127. The average Bonchev–Trinajstić information content (AvgIpc) is 3.21. The van der Waals surface area contributed by atoms with Gasteiger partial charge < -0.3 is 19.7 Å². The van der Waals surface area contributed by atoms with Gasteiger partial charge in [0.25, 0.3) is 0 Å². The Morgan fingerprint density at radius 1 is 1.24 bits per heavy atom. The lowest BCUT2D eigenvalue weighted by molar-refractivity contribution is 0.371. The van der Waals surface area contributed by atoms with Crippen LogP contribution in [0.4, 0.5) is 5.13 Å². The Bertz CT molecular complexity index is 830. The van der Waals surface area contributed by atoms with Crippen molar-refractivity contribution in [3.8, 4) is 0 Å². The van der Waals surface area contributed by atoms with Crippen LogP contribution in [-0.2, 0) is 13.0 Å². The van der Waals surface area contributed by atoms with Crippen LogP contribution in [0.3, 0.4) is 0 Å². The highest BCUT2D eigenvalue weighted by Crippen LogP contribution is 2.19. The second-order valence-electron chi connectivity index (χ2n) is 6.73. The molecule has 2 aromatic heterocycles. The molecule has 10 heteroatoms. The number of aryl methyl sites for hydroxylation is 2. The average molecular weight is 531 g/mol. The number of halogens is 1. The largest absolute Gasteiger partial charge is 0.356 e. The Morgan fingerprint density at radius 2 is 2.03 bits per heavy atom. The van der Waals surface area contributed by atoms with Crippen LogP contribution in [0.5, 0.6) is 0 Å². The van der Waals surface area contributed by atoms with Crippen molar-refractivity contribution in [3.63, 3.8) is 0 Å². The molecule has 1 N–H and O–H groups in total. The lowest BCUT2D eigenvalue weighted by Gasteiger charge is -2.36. The number of aliphatic imine (C=N–C) groups is 1. The van der Waals surface area contributed by atoms with Gasteiger partial charge in [-0.1, -0.05) is 13.0 Å². The van der Waals surface area contributed by atoms with Crippen LogP contribution in [0, 0.1) is 0 Å². The van der Waals surface area contributed by atoms with Crippen LogP contribution in [-0.4, -0.2) is 64.6 Å². The molecule has 0 bridgehead atoms. The van der Waals surface area contributed by atoms with Gasteiger partial charge in [-0.05, 0) is 18.9 Å². The molecule has 160 valence electrons. The molecule has 0 aliphatic carbocycles. The van der Waals surface area contributed by atoms with E-state index < -0.39 is 0 Å². The molecule has 3 rings (SSSR count). The lowest BCUT2D eigenvalue weighted by Crippen LogP contribution is -2.52. The number of aromatic nitrogens is 3. The first kappa shape index (κ1) is 23.6. The molecule has 29 heavy (non-hydrogen) atoms. The molecule has 0 radical (unpaired) electrons. The fourth-order valence-electron chi connectivity index (χ4n) is 3.21. The summed E-state index contributed by atoms with van der Waals surface area (Å²) in [5.74, 6) is 1.88. The Morgan fingerprint density at radius 3 is 2.69 bits per heavy atom. The van der Waals surface area contributed by atoms with Gasteiger partial charge in [0.05, 0.1) is 0 Å². The van der Waals surface area contributed by atoms with Crippen LogP contribution < -0.4 is 15.8 Å². The maximum Gasteiger partial charge on any atom is 0.250 e. The molecule has 0 aromatic carbocycles. The third kappa shape index (κ3) is 6.66. The standard InChI is InChI=1S/C19H29N7OS.HI/c1-3-16-22-19(28-23-16)26-14-12-25(13-15-26)18(20-2)21-9-5-7-11-24-10-6-4-8-17(24)27;/h4,6,8,10H,3,5,7,9,11-15H2,1-2H3,(H,20,21);1H. The molecule has 1 aliphatic rings. The highest BCUT2D eigenvalue weighted by molar-refractivity contribution is 14.0. The number of hydrogen-bond acceptors (Lipinski definition) is 6. The van der Waals surface area contributed by atoms with Crippen LogP contribution in [0.25, 0.3) is 0 Å². The minimum absolute atomic E-state index is 0. The van der Waals surface area contributed by atoms with Crippen molar-refractivity contribution >= 4 is 46.6 Å². The van der Waals surface area contributed by atoms with E-state index in [0.29, 0.717) is 0 Å². The van der Waals surface area contributed by atoms with Crippen molar-refractivity contribution in [2.45, 2.75) is 32.7 Å². The first-order valence-electron chi connectivity index (χ1n) is 9.90. The molecule has 0 atom stereocenters. The molecule has 1 fully saturated rings. The van der Waals surface area contributed by atoms with Crippen molar-refractivity contribution in [2.75, 3.05) is 44.7 Å². The van der Waals surface area contributed by atoms with E-state index in [4.69, 9.17) is 0 Å². The van der Waals surface area contributed by atoms with Crippen molar-refractivity contribution < 1.29 is 0 Å². The molecule has 1 aliphatic heterocycles. The smallest absolute Gasteiger partial charge is 0.250 e. The van der Waals surface area contributed by atoms with E-state index in [2.05, 4.69) is 36.4 Å². The molecule has 0 spiro atoms. The number of hydrogen-bond donors (Lipinski definition) is 1. The topological polar surface area (TPSA) is 78.7 Å². The molecular formula is C19H30IN7OS. The number of nitrogens with zero attached hydrogens (tertiary/aromatic N) is 6. The number of pyridine rings is 1. The van der Waals surface area contributed by atoms with Gasteiger partial charge in [-0.2, -0.15) is 4.37 Å². The lowest BCUT2D eigenvalue weighted by atomic mass is 10.3. The van der Waals surface area contributed by atoms with E-state index in [0.717, 1.165) is 75.4 Å². The second kappa shape index (κ2) is 12.1. The van der Waals surface area contributed by atoms with Gasteiger partial charge in [-0.25, -0.2) is 4.98 Å². The van der Waals surface area contributed by atoms with Crippen molar-refractivity contribution in [1.82, 2.24) is 24.1 Å². The Balaban J connectivity index is 0.00000300. The summed E-state index contributed by atoms with van der Waals surface area (Å²) in [4.78, 5) is 25.3. The third-order valence-corrected chi connectivity index (χ3v) is 5.66. The summed E-state index contributed by atoms with van der Waals surface area (Å²) in [5.41, 5.74) is 0.0608. The van der Waals surface area contributed by atoms with Crippen LogP contribution in [0.15, 0.2) is 34.2 Å². The predicted molar refractivity (Wildman–Crippen MR) is 130 cm³/mol. The summed E-state index contributed by atoms with van der Waals surface area (Å²) in [6.07, 6.45) is 4.67. The van der Waals surface area contributed by atoms with E-state index in [-0.39, 0.29) is 29.5 Å². The van der Waals surface area contributed by atoms with E-state index in [1.54, 1.807) is 16.7 Å². The SMILES string of the molecule is CCc1nsc(N2CCN(C(=NC)NCCCCn3ccccc3=O)CC2)n1.I. The predicted octanol–water partition coefficient (Wildman–Crippen LogP) is 2.06. The first-order chi connectivity index (χ1) is 13.7. The molecule has 3 heterocycles. The summed E-state index contributed by atoms with van der Waals surface area (Å²) in [5, 5.41) is 4.48. The molecular weight excluding hydrogens is 501 g/mol. The van der Waals surface area contributed by atoms with Gasteiger partial charge in [-0.15, -0.1) is 24.0 Å². The Kier molecular flexibility index (Phi) is 9.85. The summed E-state index contributed by atoms with van der Waals surface area (Å²) >= 11 is 1.49. The molecule has 1 saturated heterocycles. The minimum atomic E-state index is 0. The van der Waals surface area contributed by atoms with Crippen LogP contribution in [0.1, 0.15) is 25.6 Å². The number of rotatable bonds is 7. The summed E-state index contributed by atoms with van der Waals surface area (Å²) < 4.78 is 6.14. The number of nitrogens with one attached hydrogen (secondary N) is 1. The normalized spacial score (nSPS) is 14.6. The van der Waals surface area contributed by atoms with E-state index in [1.165, 1.54) is 11.5 Å². The zero-order chi connectivity index (χ0) is 19.8. The van der Waals surface area contributed by atoms with Gasteiger partial charge in [-0.3, -0.25) is 9.79 Å². The molecule has 0 saturated carbocycles. The Hall–Kier alpha value is -1.69. The monoisotopic (exact) mass is 531 g/mol.